The van der Waals surface area contributed by atoms with Crippen molar-refractivity contribution in [3.05, 3.63) is 93.4 Å². The lowest BCUT2D eigenvalue weighted by molar-refractivity contribution is -0.120. The maximum atomic E-state index is 13.6. The standard InChI is InChI=1S/C27H26ClF2N3O5/c1-16(34)14-32-12-2-3-23(26(32)37)33-15-22(17-4-8-19(28)9-5-17)21(25(33)36)13-31-24(35)18-6-10-20(11-7-18)38-27(29)30/h2-12,16,21-22,27,34H,13-15H2,1H3,(H,31,35)/t16?,21?,22-/m0/s1. The quantitative estimate of drug-likeness (QED) is 0.427. The van der Waals surface area contributed by atoms with Crippen LogP contribution in [0, 0.1) is 5.92 Å². The van der Waals surface area contributed by atoms with Crippen molar-refractivity contribution in [2.45, 2.75) is 32.1 Å². The van der Waals surface area contributed by atoms with Gasteiger partial charge in [-0.3, -0.25) is 14.4 Å². The van der Waals surface area contributed by atoms with Gasteiger partial charge in [-0.1, -0.05) is 23.7 Å². The summed E-state index contributed by atoms with van der Waals surface area (Å²) in [6.45, 7) is -1.15. The minimum atomic E-state index is -2.98. The molecule has 0 aliphatic carbocycles. The first-order valence-corrected chi connectivity index (χ1v) is 12.3. The molecule has 2 N–H and O–H groups in total. The highest BCUT2D eigenvalue weighted by molar-refractivity contribution is 6.30. The van der Waals surface area contributed by atoms with Crippen molar-refractivity contribution in [2.75, 3.05) is 18.0 Å². The van der Waals surface area contributed by atoms with E-state index in [-0.39, 0.29) is 48.5 Å². The smallest absolute Gasteiger partial charge is 0.387 e. The van der Waals surface area contributed by atoms with Crippen LogP contribution in [0.15, 0.2) is 71.7 Å². The van der Waals surface area contributed by atoms with Gasteiger partial charge in [0.1, 0.15) is 11.4 Å². The molecule has 4 rings (SSSR count). The molecule has 0 saturated carbocycles. The van der Waals surface area contributed by atoms with E-state index in [1.54, 1.807) is 49.5 Å². The molecule has 2 aromatic carbocycles. The number of anilines is 1. The maximum Gasteiger partial charge on any atom is 0.387 e. The lowest BCUT2D eigenvalue weighted by atomic mass is 9.88. The van der Waals surface area contributed by atoms with E-state index in [2.05, 4.69) is 10.1 Å². The number of carbonyl (C=O) groups excluding carboxylic acids is 2. The minimum absolute atomic E-state index is 0.0224. The second-order valence-electron chi connectivity index (χ2n) is 9.03. The maximum absolute atomic E-state index is 13.6. The average molecular weight is 546 g/mol. The predicted molar refractivity (Wildman–Crippen MR) is 138 cm³/mol. The van der Waals surface area contributed by atoms with Gasteiger partial charge in [0.2, 0.25) is 5.91 Å². The molecule has 2 heterocycles. The third kappa shape index (κ3) is 6.20. The summed E-state index contributed by atoms with van der Waals surface area (Å²) in [5.41, 5.74) is 0.798. The number of hydrogen-bond acceptors (Lipinski definition) is 5. The number of carbonyl (C=O) groups is 2. The van der Waals surface area contributed by atoms with Crippen LogP contribution < -0.4 is 20.5 Å². The first-order chi connectivity index (χ1) is 18.1. The molecule has 38 heavy (non-hydrogen) atoms. The van der Waals surface area contributed by atoms with Crippen molar-refractivity contribution in [1.29, 1.82) is 0 Å². The highest BCUT2D eigenvalue weighted by atomic mass is 35.5. The molecule has 0 spiro atoms. The van der Waals surface area contributed by atoms with Gasteiger partial charge < -0.3 is 24.6 Å². The van der Waals surface area contributed by atoms with E-state index >= 15 is 0 Å². The van der Waals surface area contributed by atoms with Crippen molar-refractivity contribution >= 4 is 29.1 Å². The Bertz CT molecular complexity index is 1350. The van der Waals surface area contributed by atoms with E-state index in [1.165, 1.54) is 33.7 Å². The van der Waals surface area contributed by atoms with Gasteiger partial charge in [0.25, 0.3) is 11.5 Å². The van der Waals surface area contributed by atoms with Gasteiger partial charge in [-0.05, 0) is 61.0 Å². The van der Waals surface area contributed by atoms with Crippen LogP contribution in [0.3, 0.4) is 0 Å². The number of pyridine rings is 1. The molecule has 0 bridgehead atoms. The first-order valence-electron chi connectivity index (χ1n) is 11.9. The highest BCUT2D eigenvalue weighted by Crippen LogP contribution is 2.36. The van der Waals surface area contributed by atoms with Crippen LogP contribution in [0.2, 0.25) is 5.02 Å². The molecule has 2 unspecified atom stereocenters. The summed E-state index contributed by atoms with van der Waals surface area (Å²) in [6.07, 6.45) is 0.795. The van der Waals surface area contributed by atoms with Crippen molar-refractivity contribution in [1.82, 2.24) is 9.88 Å². The Morgan fingerprint density at radius 1 is 1.13 bits per heavy atom. The number of nitrogens with one attached hydrogen (secondary N) is 1. The number of benzene rings is 2. The van der Waals surface area contributed by atoms with E-state index in [0.717, 1.165) is 5.56 Å². The van der Waals surface area contributed by atoms with E-state index in [1.807, 2.05) is 0 Å². The van der Waals surface area contributed by atoms with Crippen molar-refractivity contribution < 1.29 is 28.2 Å². The highest BCUT2D eigenvalue weighted by Gasteiger charge is 2.42. The normalized spacial score (nSPS) is 18.1. The van der Waals surface area contributed by atoms with Crippen LogP contribution in [0.4, 0.5) is 14.5 Å². The lowest BCUT2D eigenvalue weighted by Crippen LogP contribution is -2.38. The van der Waals surface area contributed by atoms with Gasteiger partial charge in [-0.25, -0.2) is 0 Å². The summed E-state index contributed by atoms with van der Waals surface area (Å²) >= 11 is 6.05. The van der Waals surface area contributed by atoms with Gasteiger partial charge in [0.05, 0.1) is 18.6 Å². The van der Waals surface area contributed by atoms with Crippen molar-refractivity contribution in [3.8, 4) is 5.75 Å². The van der Waals surface area contributed by atoms with E-state index in [9.17, 15) is 28.3 Å². The van der Waals surface area contributed by atoms with E-state index in [4.69, 9.17) is 11.6 Å². The topological polar surface area (TPSA) is 101 Å². The van der Waals surface area contributed by atoms with Crippen LogP contribution in [0.5, 0.6) is 5.75 Å². The summed E-state index contributed by atoms with van der Waals surface area (Å²) in [6, 6.07) is 15.4. The van der Waals surface area contributed by atoms with E-state index in [0.29, 0.717) is 5.02 Å². The number of nitrogens with zero attached hydrogens (tertiary/aromatic N) is 2. The minimum Gasteiger partial charge on any atom is -0.435 e. The summed E-state index contributed by atoms with van der Waals surface area (Å²) in [7, 11) is 0. The van der Waals surface area contributed by atoms with Crippen LogP contribution in [-0.4, -0.2) is 47.3 Å². The van der Waals surface area contributed by atoms with Crippen molar-refractivity contribution in [2.24, 2.45) is 5.92 Å². The van der Waals surface area contributed by atoms with Gasteiger partial charge >= 0.3 is 6.61 Å². The Hall–Kier alpha value is -3.76. The van der Waals surface area contributed by atoms with E-state index < -0.39 is 30.1 Å². The number of aliphatic hydroxyl groups is 1. The Labute approximate surface area is 222 Å². The monoisotopic (exact) mass is 545 g/mol. The fraction of sp³-hybridized carbons (Fsp3) is 0.296. The number of ether oxygens (including phenoxy) is 1. The number of aliphatic hydroxyl groups excluding tert-OH is 1. The second-order valence-corrected chi connectivity index (χ2v) is 9.46. The Balaban J connectivity index is 1.57. The molecule has 1 saturated heterocycles. The Morgan fingerprint density at radius 2 is 1.82 bits per heavy atom. The van der Waals surface area contributed by atoms with Crippen LogP contribution in [-0.2, 0) is 11.3 Å². The van der Waals surface area contributed by atoms with Gasteiger partial charge in [-0.15, -0.1) is 0 Å². The molecule has 1 aromatic heterocycles. The zero-order valence-corrected chi connectivity index (χ0v) is 21.1. The molecule has 1 aliphatic rings. The Kier molecular flexibility index (Phi) is 8.43. The molecular formula is C27H26ClF2N3O5. The zero-order valence-electron chi connectivity index (χ0n) is 20.4. The number of amides is 2. The first kappa shape index (κ1) is 27.3. The average Bonchev–Trinajstić information content (AvgIpc) is 3.20. The molecule has 1 fully saturated rings. The molecule has 8 nitrogen and oxygen atoms in total. The lowest BCUT2D eigenvalue weighted by Gasteiger charge is -2.18. The van der Waals surface area contributed by atoms with Crippen LogP contribution in [0.25, 0.3) is 0 Å². The molecular weight excluding hydrogens is 520 g/mol. The summed E-state index contributed by atoms with van der Waals surface area (Å²) in [5, 5.41) is 13.0. The van der Waals surface area contributed by atoms with Crippen LogP contribution in [0.1, 0.15) is 28.8 Å². The SMILES string of the molecule is CC(O)Cn1cccc(N2C[C@@H](c3ccc(Cl)cc3)C(CNC(=O)c3ccc(OC(F)F)cc3)C2=O)c1=O. The Morgan fingerprint density at radius 3 is 2.45 bits per heavy atom. The molecule has 200 valence electrons. The number of rotatable bonds is 9. The molecule has 1 aliphatic heterocycles. The van der Waals surface area contributed by atoms with Crippen molar-refractivity contribution in [3.63, 3.8) is 0 Å². The summed E-state index contributed by atoms with van der Waals surface area (Å²) in [5.74, 6) is -1.95. The fourth-order valence-electron chi connectivity index (χ4n) is 4.53. The van der Waals surface area contributed by atoms with Gasteiger partial charge in [0, 0.05) is 35.8 Å². The van der Waals surface area contributed by atoms with Crippen LogP contribution >= 0.6 is 11.6 Å². The molecule has 11 heteroatoms. The van der Waals surface area contributed by atoms with Gasteiger partial charge in [0.15, 0.2) is 0 Å². The second kappa shape index (κ2) is 11.7. The third-order valence-corrected chi connectivity index (χ3v) is 6.57. The third-order valence-electron chi connectivity index (χ3n) is 6.32. The molecule has 3 atom stereocenters. The molecule has 0 radical (unpaired) electrons. The number of halogens is 3. The number of alkyl halides is 2. The summed E-state index contributed by atoms with van der Waals surface area (Å²) in [4.78, 5) is 40.9. The zero-order chi connectivity index (χ0) is 27.4. The predicted octanol–water partition coefficient (Wildman–Crippen LogP) is 3.66. The fourth-order valence-corrected chi connectivity index (χ4v) is 4.66. The largest absolute Gasteiger partial charge is 0.435 e. The molecule has 2 amide bonds. The number of hydrogen-bond donors (Lipinski definition) is 2. The summed E-state index contributed by atoms with van der Waals surface area (Å²) < 4.78 is 30.4. The number of aromatic nitrogens is 1. The molecule has 3 aromatic rings. The van der Waals surface area contributed by atoms with Gasteiger partial charge in [-0.2, -0.15) is 8.78 Å².